The molecule has 21 heavy (non-hydrogen) atoms. The predicted octanol–water partition coefficient (Wildman–Crippen LogP) is 2.01. The first-order chi connectivity index (χ1) is 9.84. The number of carboxylic acids is 1. The van der Waals surface area contributed by atoms with Gasteiger partial charge in [-0.2, -0.15) is 0 Å². The highest BCUT2D eigenvalue weighted by atomic mass is 16.4. The molecule has 0 fully saturated rings. The number of aliphatic carboxylic acids is 1. The van der Waals surface area contributed by atoms with E-state index in [0.29, 0.717) is 24.1 Å². The molecule has 6 nitrogen and oxygen atoms in total. The molecule has 0 atom stereocenters. The number of nitrogens with one attached hydrogen (secondary N) is 1. The van der Waals surface area contributed by atoms with Crippen molar-refractivity contribution in [3.8, 4) is 0 Å². The summed E-state index contributed by atoms with van der Waals surface area (Å²) in [4.78, 5) is 34.3. The second-order valence-corrected chi connectivity index (χ2v) is 4.96. The molecule has 114 valence electrons. The molecule has 1 rings (SSSR count). The fourth-order valence-corrected chi connectivity index (χ4v) is 2.11. The topological polar surface area (TPSA) is 109 Å². The number of carbonyl (C=O) groups is 3. The zero-order valence-electron chi connectivity index (χ0n) is 12.2. The molecule has 2 amide bonds. The van der Waals surface area contributed by atoms with Crippen LogP contribution in [0.3, 0.4) is 0 Å². The van der Waals surface area contributed by atoms with Gasteiger partial charge in [0.15, 0.2) is 0 Å². The summed E-state index contributed by atoms with van der Waals surface area (Å²) in [5.74, 6) is -1.88. The van der Waals surface area contributed by atoms with Gasteiger partial charge in [-0.25, -0.2) is 0 Å². The summed E-state index contributed by atoms with van der Waals surface area (Å²) in [5, 5.41) is 11.9. The summed E-state index contributed by atoms with van der Waals surface area (Å²) >= 11 is 0. The van der Waals surface area contributed by atoms with Crippen molar-refractivity contribution >= 4 is 23.5 Å². The Hall–Kier alpha value is -2.37. The number of hydrogen-bond donors (Lipinski definition) is 3. The fraction of sp³-hybridized carbons (Fsp3) is 0.400. The molecule has 0 aliphatic heterocycles. The van der Waals surface area contributed by atoms with E-state index in [9.17, 15) is 19.5 Å². The van der Waals surface area contributed by atoms with Gasteiger partial charge in [0.05, 0.1) is 5.41 Å². The first-order valence-corrected chi connectivity index (χ1v) is 6.77. The number of benzene rings is 1. The lowest BCUT2D eigenvalue weighted by Gasteiger charge is -2.25. The quantitative estimate of drug-likeness (QED) is 0.714. The van der Waals surface area contributed by atoms with Crippen LogP contribution in [0.4, 0.5) is 5.69 Å². The van der Waals surface area contributed by atoms with Crippen LogP contribution in [0, 0.1) is 5.41 Å². The van der Waals surface area contributed by atoms with Crippen molar-refractivity contribution in [1.29, 1.82) is 0 Å². The molecular formula is C15H20N2O4. The molecule has 0 spiro atoms. The van der Waals surface area contributed by atoms with Gasteiger partial charge in [-0.3, -0.25) is 14.4 Å². The van der Waals surface area contributed by atoms with Crippen molar-refractivity contribution in [1.82, 2.24) is 0 Å². The van der Waals surface area contributed by atoms with Crippen molar-refractivity contribution in [3.05, 3.63) is 29.8 Å². The van der Waals surface area contributed by atoms with E-state index in [1.54, 1.807) is 26.0 Å². The molecular weight excluding hydrogens is 272 g/mol. The minimum Gasteiger partial charge on any atom is -0.481 e. The molecule has 6 heteroatoms. The van der Waals surface area contributed by atoms with E-state index < -0.39 is 17.3 Å². The van der Waals surface area contributed by atoms with E-state index in [1.807, 2.05) is 0 Å². The van der Waals surface area contributed by atoms with Gasteiger partial charge in [0, 0.05) is 17.7 Å². The van der Waals surface area contributed by atoms with Crippen molar-refractivity contribution in [2.45, 2.75) is 33.1 Å². The average Bonchev–Trinajstić information content (AvgIpc) is 2.45. The van der Waals surface area contributed by atoms with E-state index in [1.165, 1.54) is 12.1 Å². The molecule has 0 aliphatic carbocycles. The molecule has 0 bridgehead atoms. The van der Waals surface area contributed by atoms with E-state index in [2.05, 4.69) is 5.32 Å². The molecule has 0 heterocycles. The van der Waals surface area contributed by atoms with Crippen molar-refractivity contribution in [3.63, 3.8) is 0 Å². The first kappa shape index (κ1) is 16.7. The van der Waals surface area contributed by atoms with Gasteiger partial charge in [-0.15, -0.1) is 0 Å². The third-order valence-corrected chi connectivity index (χ3v) is 3.76. The Balaban J connectivity index is 2.77. The number of primary amides is 1. The SMILES string of the molecule is CCC(CC)(CC(=O)Nc1ccc(C(N)=O)cc1)C(=O)O. The van der Waals surface area contributed by atoms with Crippen molar-refractivity contribution in [2.75, 3.05) is 5.32 Å². The van der Waals surface area contributed by atoms with Crippen LogP contribution in [0.25, 0.3) is 0 Å². The molecule has 0 aromatic heterocycles. The van der Waals surface area contributed by atoms with Crippen LogP contribution in [0.1, 0.15) is 43.5 Å². The lowest BCUT2D eigenvalue weighted by Crippen LogP contribution is -2.34. The standard InChI is InChI=1S/C15H20N2O4/c1-3-15(4-2,14(20)21)9-12(18)17-11-7-5-10(6-8-11)13(16)19/h5-8H,3-4,9H2,1-2H3,(H2,16,19)(H,17,18)(H,20,21). The van der Waals surface area contributed by atoms with E-state index in [-0.39, 0.29) is 12.3 Å². The van der Waals surface area contributed by atoms with Gasteiger partial charge >= 0.3 is 5.97 Å². The number of nitrogens with two attached hydrogens (primary N) is 1. The number of carbonyl (C=O) groups excluding carboxylic acids is 2. The summed E-state index contributed by atoms with van der Waals surface area (Å²) in [6.45, 7) is 3.51. The molecule has 1 aromatic carbocycles. The Bertz CT molecular complexity index is 533. The van der Waals surface area contributed by atoms with Crippen LogP contribution in [-0.2, 0) is 9.59 Å². The molecule has 0 saturated heterocycles. The first-order valence-electron chi connectivity index (χ1n) is 6.77. The second-order valence-electron chi connectivity index (χ2n) is 4.96. The molecule has 4 N–H and O–H groups in total. The number of carboxylic acid groups (broad SMARTS) is 1. The number of anilines is 1. The molecule has 0 radical (unpaired) electrons. The van der Waals surface area contributed by atoms with E-state index in [0.717, 1.165) is 0 Å². The zero-order chi connectivity index (χ0) is 16.0. The van der Waals surface area contributed by atoms with Crippen LogP contribution in [-0.4, -0.2) is 22.9 Å². The normalized spacial score (nSPS) is 11.0. The van der Waals surface area contributed by atoms with Gasteiger partial charge in [0.2, 0.25) is 11.8 Å². The highest BCUT2D eigenvalue weighted by Gasteiger charge is 2.37. The Kier molecular flexibility index (Phi) is 5.46. The van der Waals surface area contributed by atoms with Crippen LogP contribution in [0.5, 0.6) is 0 Å². The maximum Gasteiger partial charge on any atom is 0.310 e. The van der Waals surface area contributed by atoms with Gasteiger partial charge in [-0.1, -0.05) is 13.8 Å². The maximum atomic E-state index is 12.0. The summed E-state index contributed by atoms with van der Waals surface area (Å²) < 4.78 is 0. The molecule has 0 saturated carbocycles. The van der Waals surface area contributed by atoms with E-state index in [4.69, 9.17) is 5.73 Å². The number of hydrogen-bond acceptors (Lipinski definition) is 3. The lowest BCUT2D eigenvalue weighted by molar-refractivity contribution is -0.151. The maximum absolute atomic E-state index is 12.0. The van der Waals surface area contributed by atoms with Crippen LogP contribution >= 0.6 is 0 Å². The minimum absolute atomic E-state index is 0.0904. The summed E-state index contributed by atoms with van der Waals surface area (Å²) in [6, 6.07) is 6.11. The highest BCUT2D eigenvalue weighted by molar-refractivity contribution is 5.96. The smallest absolute Gasteiger partial charge is 0.310 e. The summed E-state index contributed by atoms with van der Waals surface area (Å²) in [6.07, 6.45) is 0.673. The van der Waals surface area contributed by atoms with Gasteiger partial charge in [-0.05, 0) is 37.1 Å². The average molecular weight is 292 g/mol. The highest BCUT2D eigenvalue weighted by Crippen LogP contribution is 2.31. The van der Waals surface area contributed by atoms with Crippen LogP contribution in [0.15, 0.2) is 24.3 Å². The van der Waals surface area contributed by atoms with Crippen LogP contribution in [0.2, 0.25) is 0 Å². The number of rotatable bonds is 7. The minimum atomic E-state index is -1.04. The largest absolute Gasteiger partial charge is 0.481 e. The fourth-order valence-electron chi connectivity index (χ4n) is 2.11. The predicted molar refractivity (Wildman–Crippen MR) is 78.9 cm³/mol. The van der Waals surface area contributed by atoms with Crippen molar-refractivity contribution in [2.24, 2.45) is 11.1 Å². The third-order valence-electron chi connectivity index (χ3n) is 3.76. The summed E-state index contributed by atoms with van der Waals surface area (Å²) in [5.41, 5.74) is 4.92. The van der Waals surface area contributed by atoms with E-state index >= 15 is 0 Å². The molecule has 1 aromatic rings. The Labute approximate surface area is 123 Å². The molecule has 0 aliphatic rings. The van der Waals surface area contributed by atoms with Gasteiger partial charge in [0.25, 0.3) is 0 Å². The zero-order valence-corrected chi connectivity index (χ0v) is 12.2. The Morgan fingerprint density at radius 3 is 2.05 bits per heavy atom. The van der Waals surface area contributed by atoms with Gasteiger partial charge in [0.1, 0.15) is 0 Å². The van der Waals surface area contributed by atoms with Crippen molar-refractivity contribution < 1.29 is 19.5 Å². The third kappa shape index (κ3) is 4.05. The number of amides is 2. The monoisotopic (exact) mass is 292 g/mol. The van der Waals surface area contributed by atoms with Gasteiger partial charge < -0.3 is 16.2 Å². The van der Waals surface area contributed by atoms with Crippen LogP contribution < -0.4 is 11.1 Å². The Morgan fingerprint density at radius 2 is 1.67 bits per heavy atom. The summed E-state index contributed by atoms with van der Waals surface area (Å²) in [7, 11) is 0. The molecule has 0 unspecified atom stereocenters. The Morgan fingerprint density at radius 1 is 1.14 bits per heavy atom. The lowest BCUT2D eigenvalue weighted by atomic mass is 9.79. The second kappa shape index (κ2) is 6.88.